The van der Waals surface area contributed by atoms with E-state index in [9.17, 15) is 4.79 Å². The lowest BCUT2D eigenvalue weighted by Crippen LogP contribution is -2.40. The van der Waals surface area contributed by atoms with E-state index in [0.717, 1.165) is 17.8 Å². The van der Waals surface area contributed by atoms with Gasteiger partial charge in [0.1, 0.15) is 16.6 Å². The zero-order chi connectivity index (χ0) is 10.7. The molecule has 1 fully saturated rings. The molecule has 0 aliphatic carbocycles. The summed E-state index contributed by atoms with van der Waals surface area (Å²) in [5.74, 6) is -0.00188. The quantitative estimate of drug-likeness (QED) is 0.815. The van der Waals surface area contributed by atoms with Gasteiger partial charge in [-0.1, -0.05) is 0 Å². The molecule has 15 heavy (non-hydrogen) atoms. The van der Waals surface area contributed by atoms with Crippen molar-refractivity contribution in [1.82, 2.24) is 15.5 Å². The van der Waals surface area contributed by atoms with Crippen LogP contribution in [0.4, 0.5) is 0 Å². The van der Waals surface area contributed by atoms with Gasteiger partial charge in [0.05, 0.1) is 12.6 Å². The molecule has 6 heteroatoms. The van der Waals surface area contributed by atoms with Crippen molar-refractivity contribution in [1.29, 1.82) is 0 Å². The number of hydrogen-bond donors (Lipinski definition) is 1. The number of nitrogens with zero attached hydrogens (tertiary/aromatic N) is 2. The van der Waals surface area contributed by atoms with Crippen LogP contribution in [-0.4, -0.2) is 28.8 Å². The Morgan fingerprint density at radius 2 is 2.53 bits per heavy atom. The molecule has 0 radical (unpaired) electrons. The largest absolute Gasteiger partial charge is 0.369 e. The van der Waals surface area contributed by atoms with Crippen LogP contribution in [0.3, 0.4) is 0 Å². The zero-order valence-electron chi connectivity index (χ0n) is 8.47. The molecule has 1 saturated heterocycles. The first-order valence-corrected chi connectivity index (χ1v) is 5.78. The maximum absolute atomic E-state index is 10.8. The van der Waals surface area contributed by atoms with Crippen LogP contribution in [0.2, 0.25) is 0 Å². The Labute approximate surface area is 91.9 Å². The van der Waals surface area contributed by atoms with Crippen LogP contribution in [0.1, 0.15) is 30.9 Å². The van der Waals surface area contributed by atoms with Gasteiger partial charge in [0.15, 0.2) is 0 Å². The molecule has 1 aromatic rings. The maximum atomic E-state index is 10.8. The fourth-order valence-corrected chi connectivity index (χ4v) is 2.30. The van der Waals surface area contributed by atoms with Crippen LogP contribution in [0, 0.1) is 0 Å². The minimum absolute atomic E-state index is 0.00188. The molecule has 0 aromatic carbocycles. The van der Waals surface area contributed by atoms with Gasteiger partial charge in [-0.05, 0) is 12.8 Å². The summed E-state index contributed by atoms with van der Waals surface area (Å²) >= 11 is 1.51. The third-order valence-electron chi connectivity index (χ3n) is 2.34. The second-order valence-electron chi connectivity index (χ2n) is 3.57. The first-order chi connectivity index (χ1) is 7.25. The summed E-state index contributed by atoms with van der Waals surface area (Å²) in [6, 6.07) is 0.145. The molecule has 2 atom stereocenters. The van der Waals surface area contributed by atoms with E-state index in [4.69, 9.17) is 4.74 Å². The van der Waals surface area contributed by atoms with Crippen molar-refractivity contribution in [2.75, 3.05) is 6.61 Å². The molecule has 82 valence electrons. The Kier molecular flexibility index (Phi) is 3.27. The molecule has 1 aliphatic heterocycles. The number of ether oxygens (including phenoxy) is 1. The summed E-state index contributed by atoms with van der Waals surface area (Å²) in [6.45, 7) is 2.08. The molecule has 1 aliphatic rings. The topological polar surface area (TPSA) is 64.1 Å². The molecule has 0 spiro atoms. The Hall–Kier alpha value is -1.01. The van der Waals surface area contributed by atoms with E-state index < -0.39 is 0 Å². The fourth-order valence-electron chi connectivity index (χ4n) is 1.67. The number of aromatic nitrogens is 2. The van der Waals surface area contributed by atoms with Gasteiger partial charge in [-0.15, -0.1) is 21.5 Å². The number of carbonyl (C=O) groups is 1. The highest BCUT2D eigenvalue weighted by atomic mass is 32.1. The Bertz CT molecular complexity index is 320. The van der Waals surface area contributed by atoms with Crippen LogP contribution >= 0.6 is 11.3 Å². The van der Waals surface area contributed by atoms with Crippen LogP contribution in [0.5, 0.6) is 0 Å². The van der Waals surface area contributed by atoms with Gasteiger partial charge in [0.25, 0.3) is 0 Å². The molecular weight excluding hydrogens is 214 g/mol. The molecule has 1 amide bonds. The first kappa shape index (κ1) is 10.5. The Balaban J connectivity index is 1.84. The van der Waals surface area contributed by atoms with Crippen LogP contribution < -0.4 is 5.32 Å². The molecule has 0 bridgehead atoms. The van der Waals surface area contributed by atoms with Crippen molar-refractivity contribution >= 4 is 17.2 Å². The molecule has 0 saturated carbocycles. The van der Waals surface area contributed by atoms with Gasteiger partial charge >= 0.3 is 0 Å². The summed E-state index contributed by atoms with van der Waals surface area (Å²) in [5.41, 5.74) is 1.71. The number of carbonyl (C=O) groups excluding carboxylic acids is 1. The van der Waals surface area contributed by atoms with Crippen molar-refractivity contribution in [3.8, 4) is 0 Å². The lowest BCUT2D eigenvalue weighted by atomic mass is 10.1. The minimum Gasteiger partial charge on any atom is -0.369 e. The second-order valence-corrected chi connectivity index (χ2v) is 4.44. The van der Waals surface area contributed by atoms with E-state index in [1.54, 1.807) is 5.51 Å². The molecule has 2 rings (SSSR count). The number of rotatable bonds is 2. The van der Waals surface area contributed by atoms with Gasteiger partial charge in [-0.25, -0.2) is 0 Å². The van der Waals surface area contributed by atoms with Gasteiger partial charge in [0.2, 0.25) is 5.91 Å². The highest BCUT2D eigenvalue weighted by Crippen LogP contribution is 2.28. The first-order valence-electron chi connectivity index (χ1n) is 4.90. The van der Waals surface area contributed by atoms with Crippen molar-refractivity contribution in [2.45, 2.75) is 31.9 Å². The van der Waals surface area contributed by atoms with Crippen molar-refractivity contribution in [2.24, 2.45) is 0 Å². The zero-order valence-corrected chi connectivity index (χ0v) is 9.29. The fraction of sp³-hybridized carbons (Fsp3) is 0.667. The standard InChI is InChI=1S/C9H13N3O2S/c1-6(13)11-7-2-3-8(14-4-7)9-12-10-5-15-9/h5,7-8H,2-4H2,1H3,(H,11,13)/t7-,8+/m1/s1. The van der Waals surface area contributed by atoms with E-state index in [-0.39, 0.29) is 18.1 Å². The molecule has 1 aromatic heterocycles. The van der Waals surface area contributed by atoms with E-state index in [1.165, 1.54) is 18.3 Å². The van der Waals surface area contributed by atoms with E-state index in [1.807, 2.05) is 0 Å². The number of hydrogen-bond acceptors (Lipinski definition) is 5. The normalized spacial score (nSPS) is 26.2. The average Bonchev–Trinajstić information content (AvgIpc) is 2.71. The Morgan fingerprint density at radius 3 is 3.07 bits per heavy atom. The monoisotopic (exact) mass is 227 g/mol. The summed E-state index contributed by atoms with van der Waals surface area (Å²) < 4.78 is 5.63. The van der Waals surface area contributed by atoms with E-state index in [2.05, 4.69) is 15.5 Å². The minimum atomic E-state index is -0.00188. The SMILES string of the molecule is CC(=O)N[C@@H]1CC[C@@H](c2nncs2)OC1. The van der Waals surface area contributed by atoms with Gasteiger partial charge in [-0.2, -0.15) is 0 Å². The van der Waals surface area contributed by atoms with Crippen LogP contribution in [0.25, 0.3) is 0 Å². The van der Waals surface area contributed by atoms with Gasteiger partial charge in [0, 0.05) is 6.92 Å². The summed E-state index contributed by atoms with van der Waals surface area (Å²) in [6.07, 6.45) is 1.88. The third-order valence-corrected chi connectivity index (χ3v) is 3.12. The van der Waals surface area contributed by atoms with Gasteiger partial charge in [-0.3, -0.25) is 4.79 Å². The number of amides is 1. The van der Waals surface area contributed by atoms with E-state index >= 15 is 0 Å². The lowest BCUT2D eigenvalue weighted by Gasteiger charge is -2.27. The van der Waals surface area contributed by atoms with Crippen LogP contribution in [-0.2, 0) is 9.53 Å². The third kappa shape index (κ3) is 2.73. The molecule has 1 N–H and O–H groups in total. The number of nitrogens with one attached hydrogen (secondary N) is 1. The highest BCUT2D eigenvalue weighted by Gasteiger charge is 2.25. The summed E-state index contributed by atoms with van der Waals surface area (Å²) in [4.78, 5) is 10.8. The maximum Gasteiger partial charge on any atom is 0.217 e. The van der Waals surface area contributed by atoms with Crippen molar-refractivity contribution in [3.63, 3.8) is 0 Å². The highest BCUT2D eigenvalue weighted by molar-refractivity contribution is 7.09. The summed E-state index contributed by atoms with van der Waals surface area (Å²) in [7, 11) is 0. The van der Waals surface area contributed by atoms with Crippen molar-refractivity contribution < 1.29 is 9.53 Å². The molecule has 2 heterocycles. The molecule has 5 nitrogen and oxygen atoms in total. The Morgan fingerprint density at radius 1 is 1.67 bits per heavy atom. The van der Waals surface area contributed by atoms with Crippen LogP contribution in [0.15, 0.2) is 5.51 Å². The van der Waals surface area contributed by atoms with E-state index in [0.29, 0.717) is 6.61 Å². The average molecular weight is 227 g/mol. The molecule has 0 unspecified atom stereocenters. The second kappa shape index (κ2) is 4.67. The lowest BCUT2D eigenvalue weighted by molar-refractivity contribution is -0.121. The predicted octanol–water partition coefficient (Wildman–Crippen LogP) is 0.894. The van der Waals surface area contributed by atoms with Gasteiger partial charge < -0.3 is 10.1 Å². The predicted molar refractivity (Wildman–Crippen MR) is 55.4 cm³/mol. The van der Waals surface area contributed by atoms with Crippen molar-refractivity contribution in [3.05, 3.63) is 10.5 Å². The smallest absolute Gasteiger partial charge is 0.217 e. The summed E-state index contributed by atoms with van der Waals surface area (Å²) in [5, 5.41) is 11.5. The molecular formula is C9H13N3O2S.